The second kappa shape index (κ2) is 6.70. The first kappa shape index (κ1) is 15.9. The van der Waals surface area contributed by atoms with Crippen molar-refractivity contribution in [2.75, 3.05) is 12.4 Å². The van der Waals surface area contributed by atoms with Gasteiger partial charge in [0.15, 0.2) is 0 Å². The van der Waals surface area contributed by atoms with Crippen LogP contribution < -0.4 is 10.1 Å². The van der Waals surface area contributed by atoms with Crippen molar-refractivity contribution in [2.45, 2.75) is 0 Å². The maximum absolute atomic E-state index is 6.12. The molecule has 0 radical (unpaired) electrons. The fourth-order valence-electron chi connectivity index (χ4n) is 2.55. The molecule has 0 amide bonds. The Hall–Kier alpha value is -2.63. The zero-order chi connectivity index (χ0) is 17.2. The van der Waals surface area contributed by atoms with Crippen molar-refractivity contribution in [1.29, 1.82) is 0 Å². The first-order valence-corrected chi connectivity index (χ1v) is 8.86. The molecule has 0 saturated carbocycles. The number of benzene rings is 2. The van der Waals surface area contributed by atoms with Crippen molar-refractivity contribution in [1.82, 2.24) is 9.97 Å². The summed E-state index contributed by atoms with van der Waals surface area (Å²) in [6.07, 6.45) is 0. The van der Waals surface area contributed by atoms with Gasteiger partial charge in [0.25, 0.3) is 0 Å². The van der Waals surface area contributed by atoms with Crippen LogP contribution in [0.2, 0.25) is 5.28 Å². The van der Waals surface area contributed by atoms with Crippen LogP contribution in [-0.4, -0.2) is 17.1 Å². The topological polar surface area (TPSA) is 47.0 Å². The largest absolute Gasteiger partial charge is 0.497 e. The minimum absolute atomic E-state index is 0.227. The molecule has 0 bridgehead atoms. The molecule has 4 rings (SSSR count). The molecule has 1 N–H and O–H groups in total. The van der Waals surface area contributed by atoms with Gasteiger partial charge in [0, 0.05) is 10.6 Å². The van der Waals surface area contributed by atoms with E-state index in [1.807, 2.05) is 42.5 Å². The van der Waals surface area contributed by atoms with E-state index in [2.05, 4.69) is 33.5 Å². The van der Waals surface area contributed by atoms with Crippen LogP contribution in [0.15, 0.2) is 60.7 Å². The van der Waals surface area contributed by atoms with Crippen LogP contribution in [0.1, 0.15) is 0 Å². The average Bonchev–Trinajstić information content (AvgIpc) is 3.07. The maximum Gasteiger partial charge on any atom is 0.225 e. The Labute approximate surface area is 154 Å². The van der Waals surface area contributed by atoms with E-state index in [1.165, 1.54) is 0 Å². The number of halogens is 1. The number of ether oxygens (including phenoxy) is 1. The van der Waals surface area contributed by atoms with Gasteiger partial charge in [-0.05, 0) is 47.5 Å². The zero-order valence-corrected chi connectivity index (χ0v) is 14.9. The van der Waals surface area contributed by atoms with Gasteiger partial charge in [0.1, 0.15) is 16.4 Å². The van der Waals surface area contributed by atoms with E-state index >= 15 is 0 Å². The number of nitrogens with zero attached hydrogens (tertiary/aromatic N) is 2. The molecule has 25 heavy (non-hydrogen) atoms. The highest BCUT2D eigenvalue weighted by molar-refractivity contribution is 7.22. The molecule has 4 nitrogen and oxygen atoms in total. The zero-order valence-electron chi connectivity index (χ0n) is 13.4. The number of methoxy groups -OCH3 is 1. The van der Waals surface area contributed by atoms with Crippen LogP contribution in [-0.2, 0) is 0 Å². The van der Waals surface area contributed by atoms with Crippen molar-refractivity contribution in [3.63, 3.8) is 0 Å². The summed E-state index contributed by atoms with van der Waals surface area (Å²) in [6.45, 7) is 0. The predicted octanol–water partition coefficient (Wildman–Crippen LogP) is 5.76. The molecule has 0 fully saturated rings. The fraction of sp³-hybridized carbons (Fsp3) is 0.0526. The molecule has 2 aromatic heterocycles. The van der Waals surface area contributed by atoms with Crippen LogP contribution in [0.25, 0.3) is 20.7 Å². The molecule has 0 atom stereocenters. The molecule has 0 aliphatic heterocycles. The smallest absolute Gasteiger partial charge is 0.225 e. The van der Waals surface area contributed by atoms with E-state index in [0.29, 0.717) is 5.82 Å². The molecule has 2 aromatic carbocycles. The van der Waals surface area contributed by atoms with Crippen molar-refractivity contribution >= 4 is 44.7 Å². The van der Waals surface area contributed by atoms with Crippen LogP contribution in [0.4, 0.5) is 11.5 Å². The minimum atomic E-state index is 0.227. The minimum Gasteiger partial charge on any atom is -0.497 e. The molecular formula is C19H14ClN3OS. The molecule has 0 saturated heterocycles. The van der Waals surface area contributed by atoms with Crippen molar-refractivity contribution in [3.05, 3.63) is 65.9 Å². The van der Waals surface area contributed by atoms with Gasteiger partial charge >= 0.3 is 0 Å². The number of anilines is 2. The van der Waals surface area contributed by atoms with E-state index in [0.717, 1.165) is 32.1 Å². The highest BCUT2D eigenvalue weighted by atomic mass is 35.5. The van der Waals surface area contributed by atoms with Gasteiger partial charge in [0.2, 0.25) is 5.28 Å². The van der Waals surface area contributed by atoms with Gasteiger partial charge in [-0.25, -0.2) is 4.98 Å². The molecule has 2 heterocycles. The highest BCUT2D eigenvalue weighted by Crippen LogP contribution is 2.36. The van der Waals surface area contributed by atoms with Crippen molar-refractivity contribution in [3.8, 4) is 16.2 Å². The summed E-state index contributed by atoms with van der Waals surface area (Å²) >= 11 is 7.72. The lowest BCUT2D eigenvalue weighted by atomic mass is 10.2. The lowest BCUT2D eigenvalue weighted by Gasteiger charge is -2.07. The molecule has 0 aliphatic rings. The van der Waals surface area contributed by atoms with Gasteiger partial charge in [-0.1, -0.05) is 30.3 Å². The Morgan fingerprint density at radius 1 is 1.00 bits per heavy atom. The normalized spacial score (nSPS) is 10.8. The van der Waals surface area contributed by atoms with Crippen molar-refractivity contribution in [2.24, 2.45) is 0 Å². The summed E-state index contributed by atoms with van der Waals surface area (Å²) < 4.78 is 5.19. The molecule has 4 aromatic rings. The lowest BCUT2D eigenvalue weighted by Crippen LogP contribution is -1.96. The third-order valence-corrected chi connectivity index (χ3v) is 5.02. The van der Waals surface area contributed by atoms with E-state index in [1.54, 1.807) is 18.4 Å². The molecule has 6 heteroatoms. The summed E-state index contributed by atoms with van der Waals surface area (Å²) in [5, 5.41) is 4.49. The fourth-order valence-corrected chi connectivity index (χ4v) is 3.80. The number of thiophene rings is 1. The van der Waals surface area contributed by atoms with Gasteiger partial charge < -0.3 is 10.1 Å². The summed E-state index contributed by atoms with van der Waals surface area (Å²) in [5.41, 5.74) is 2.06. The second-order valence-corrected chi connectivity index (χ2v) is 6.76. The van der Waals surface area contributed by atoms with Gasteiger partial charge in [-0.2, -0.15) is 4.98 Å². The predicted molar refractivity (Wildman–Crippen MR) is 104 cm³/mol. The number of hydrogen-bond donors (Lipinski definition) is 1. The first-order valence-electron chi connectivity index (χ1n) is 7.66. The monoisotopic (exact) mass is 367 g/mol. The highest BCUT2D eigenvalue weighted by Gasteiger charge is 2.12. The van der Waals surface area contributed by atoms with Crippen LogP contribution >= 0.6 is 22.9 Å². The Morgan fingerprint density at radius 2 is 1.76 bits per heavy atom. The third-order valence-electron chi connectivity index (χ3n) is 3.78. The number of nitrogens with one attached hydrogen (secondary N) is 1. The second-order valence-electron chi connectivity index (χ2n) is 5.39. The summed E-state index contributed by atoms with van der Waals surface area (Å²) in [4.78, 5) is 10.7. The van der Waals surface area contributed by atoms with Crippen LogP contribution in [0, 0.1) is 0 Å². The third kappa shape index (κ3) is 3.29. The summed E-state index contributed by atoms with van der Waals surface area (Å²) in [5.74, 6) is 1.50. The number of hydrogen-bond acceptors (Lipinski definition) is 5. The average molecular weight is 368 g/mol. The molecule has 124 valence electrons. The summed E-state index contributed by atoms with van der Waals surface area (Å²) in [6, 6.07) is 20.0. The lowest BCUT2D eigenvalue weighted by molar-refractivity contribution is 0.415. The number of fused-ring (bicyclic) bond motifs is 1. The van der Waals surface area contributed by atoms with Gasteiger partial charge in [-0.15, -0.1) is 11.3 Å². The molecule has 0 aliphatic carbocycles. The maximum atomic E-state index is 6.12. The quantitative estimate of drug-likeness (QED) is 0.465. The Kier molecular flexibility index (Phi) is 4.26. The Bertz CT molecular complexity index is 1020. The number of aromatic nitrogens is 2. The van der Waals surface area contributed by atoms with E-state index < -0.39 is 0 Å². The van der Waals surface area contributed by atoms with Gasteiger partial charge in [-0.3, -0.25) is 0 Å². The van der Waals surface area contributed by atoms with E-state index in [4.69, 9.17) is 16.3 Å². The Balaban J connectivity index is 1.76. The molecule has 0 unspecified atom stereocenters. The van der Waals surface area contributed by atoms with Crippen LogP contribution in [0.3, 0.4) is 0 Å². The van der Waals surface area contributed by atoms with E-state index in [9.17, 15) is 0 Å². The summed E-state index contributed by atoms with van der Waals surface area (Å²) in [7, 11) is 1.65. The molecular weight excluding hydrogens is 354 g/mol. The Morgan fingerprint density at radius 3 is 2.48 bits per heavy atom. The number of rotatable bonds is 4. The molecule has 0 spiro atoms. The van der Waals surface area contributed by atoms with Crippen molar-refractivity contribution < 1.29 is 4.74 Å². The first-order chi connectivity index (χ1) is 12.2. The standard InChI is InChI=1S/C19H14ClN3OS/c1-24-14-9-7-13(8-10-14)21-17-15-11-16(12-5-3-2-4-6-12)25-18(15)23-19(20)22-17/h2-11H,1H3,(H,21,22,23). The van der Waals surface area contributed by atoms with Gasteiger partial charge in [0.05, 0.1) is 12.5 Å². The van der Waals surface area contributed by atoms with E-state index in [-0.39, 0.29) is 5.28 Å². The SMILES string of the molecule is COc1ccc(Nc2nc(Cl)nc3sc(-c4ccccc4)cc23)cc1. The van der Waals surface area contributed by atoms with Crippen LogP contribution in [0.5, 0.6) is 5.75 Å².